The van der Waals surface area contributed by atoms with E-state index in [0.29, 0.717) is 31.0 Å². The molecule has 8 heteroatoms. The molecule has 2 rings (SSSR count). The summed E-state index contributed by atoms with van der Waals surface area (Å²) in [6, 6.07) is 1.72. The van der Waals surface area contributed by atoms with Gasteiger partial charge in [0.25, 0.3) is 15.0 Å². The van der Waals surface area contributed by atoms with E-state index in [-0.39, 0.29) is 5.56 Å². The largest absolute Gasteiger partial charge is 0.338 e. The number of nitrogens with zero attached hydrogens (tertiary/aromatic N) is 1. The number of hydrogen-bond donors (Lipinski definition) is 0. The zero-order chi connectivity index (χ0) is 15.9. The van der Waals surface area contributed by atoms with Crippen molar-refractivity contribution in [2.45, 2.75) is 18.7 Å². The van der Waals surface area contributed by atoms with E-state index < -0.39 is 30.7 Å². The monoisotopic (exact) mass is 353 g/mol. The maximum Gasteiger partial charge on any atom is 0.261 e. The zero-order valence-corrected chi connectivity index (χ0v) is 13.8. The van der Waals surface area contributed by atoms with E-state index in [4.69, 9.17) is 22.3 Å². The number of carbonyl (C=O) groups excluding carboxylic acids is 1. The molecule has 1 saturated heterocycles. The second-order valence-electron chi connectivity index (χ2n) is 5.37. The SMILES string of the molecule is CC1CN(C(=O)c2cc(S(=O)(=O)Cl)cc(F)c2Cl)CC1C. The summed E-state index contributed by atoms with van der Waals surface area (Å²) in [4.78, 5) is 13.5. The molecule has 1 aromatic rings. The van der Waals surface area contributed by atoms with Crippen LogP contribution < -0.4 is 0 Å². The normalized spacial score (nSPS) is 22.6. The lowest BCUT2D eigenvalue weighted by atomic mass is 10.0. The predicted molar refractivity (Wildman–Crippen MR) is 78.7 cm³/mol. The molecule has 4 nitrogen and oxygen atoms in total. The minimum atomic E-state index is -4.14. The summed E-state index contributed by atoms with van der Waals surface area (Å²) in [5, 5.41) is -0.392. The van der Waals surface area contributed by atoms with Crippen LogP contribution in [0.15, 0.2) is 17.0 Å². The van der Waals surface area contributed by atoms with Crippen molar-refractivity contribution < 1.29 is 17.6 Å². The Kier molecular flexibility index (Phi) is 4.52. The van der Waals surface area contributed by atoms with Crippen LogP contribution in [0.2, 0.25) is 5.02 Å². The van der Waals surface area contributed by atoms with E-state index in [2.05, 4.69) is 0 Å². The van der Waals surface area contributed by atoms with E-state index in [0.717, 1.165) is 6.07 Å². The molecule has 1 aromatic carbocycles. The van der Waals surface area contributed by atoms with Crippen LogP contribution in [0.4, 0.5) is 4.39 Å². The van der Waals surface area contributed by atoms with Gasteiger partial charge in [0.1, 0.15) is 5.82 Å². The van der Waals surface area contributed by atoms with Crippen molar-refractivity contribution in [2.75, 3.05) is 13.1 Å². The molecule has 1 amide bonds. The quantitative estimate of drug-likeness (QED) is 0.767. The van der Waals surface area contributed by atoms with Gasteiger partial charge in [-0.25, -0.2) is 12.8 Å². The highest BCUT2D eigenvalue weighted by Crippen LogP contribution is 2.30. The van der Waals surface area contributed by atoms with Gasteiger partial charge in [-0.3, -0.25) is 4.79 Å². The zero-order valence-electron chi connectivity index (χ0n) is 11.4. The summed E-state index contributed by atoms with van der Waals surface area (Å²) >= 11 is 5.80. The van der Waals surface area contributed by atoms with E-state index in [1.807, 2.05) is 13.8 Å². The molecule has 0 aliphatic carbocycles. The third kappa shape index (κ3) is 3.33. The van der Waals surface area contributed by atoms with Crippen molar-refractivity contribution in [3.8, 4) is 0 Å². The van der Waals surface area contributed by atoms with Gasteiger partial charge in [0, 0.05) is 23.8 Å². The minimum Gasteiger partial charge on any atom is -0.338 e. The second-order valence-corrected chi connectivity index (χ2v) is 8.31. The Morgan fingerprint density at radius 2 is 1.81 bits per heavy atom. The van der Waals surface area contributed by atoms with Gasteiger partial charge in [0.2, 0.25) is 0 Å². The van der Waals surface area contributed by atoms with Crippen LogP contribution in [0.5, 0.6) is 0 Å². The fourth-order valence-electron chi connectivity index (χ4n) is 2.33. The molecule has 1 aliphatic heterocycles. The number of benzene rings is 1. The maximum atomic E-state index is 13.7. The Balaban J connectivity index is 2.44. The van der Waals surface area contributed by atoms with Gasteiger partial charge in [-0.05, 0) is 24.0 Å². The summed E-state index contributed by atoms with van der Waals surface area (Å²) in [5.41, 5.74) is -0.183. The smallest absolute Gasteiger partial charge is 0.261 e. The molecular formula is C13H14Cl2FNO3S. The van der Waals surface area contributed by atoms with Crippen LogP contribution in [0, 0.1) is 17.7 Å². The van der Waals surface area contributed by atoms with Crippen LogP contribution in [0.25, 0.3) is 0 Å². The lowest BCUT2D eigenvalue weighted by Gasteiger charge is -2.17. The fraction of sp³-hybridized carbons (Fsp3) is 0.462. The van der Waals surface area contributed by atoms with Crippen LogP contribution in [-0.2, 0) is 9.05 Å². The number of hydrogen-bond acceptors (Lipinski definition) is 3. The van der Waals surface area contributed by atoms with E-state index >= 15 is 0 Å². The van der Waals surface area contributed by atoms with Crippen molar-refractivity contribution >= 4 is 37.2 Å². The summed E-state index contributed by atoms with van der Waals surface area (Å²) in [6.45, 7) is 5.07. The Bertz CT molecular complexity index is 683. The van der Waals surface area contributed by atoms with Crippen LogP contribution in [-0.4, -0.2) is 32.3 Å². The number of carbonyl (C=O) groups is 1. The number of halogens is 3. The van der Waals surface area contributed by atoms with E-state index in [9.17, 15) is 17.6 Å². The molecule has 1 aliphatic rings. The average Bonchev–Trinajstić information content (AvgIpc) is 2.70. The summed E-state index contributed by atoms with van der Waals surface area (Å²) in [5.74, 6) is -0.839. The van der Waals surface area contributed by atoms with Crippen molar-refractivity contribution in [3.05, 3.63) is 28.5 Å². The Morgan fingerprint density at radius 1 is 1.29 bits per heavy atom. The Morgan fingerprint density at radius 3 is 2.29 bits per heavy atom. The molecular weight excluding hydrogens is 340 g/mol. The van der Waals surface area contributed by atoms with Crippen molar-refractivity contribution in [2.24, 2.45) is 11.8 Å². The van der Waals surface area contributed by atoms with Crippen molar-refractivity contribution in [1.82, 2.24) is 4.90 Å². The lowest BCUT2D eigenvalue weighted by molar-refractivity contribution is 0.0784. The van der Waals surface area contributed by atoms with Crippen molar-refractivity contribution in [1.29, 1.82) is 0 Å². The first-order valence-electron chi connectivity index (χ1n) is 6.34. The number of rotatable bonds is 2. The molecule has 0 bridgehead atoms. The number of likely N-dealkylation sites (tertiary alicyclic amines) is 1. The van der Waals surface area contributed by atoms with Gasteiger partial charge in [-0.15, -0.1) is 0 Å². The maximum absolute atomic E-state index is 13.7. The molecule has 0 aromatic heterocycles. The molecule has 1 heterocycles. The minimum absolute atomic E-state index is 0.183. The standard InChI is InChI=1S/C13H14Cl2FNO3S/c1-7-5-17(6-8(7)2)13(18)10-3-9(21(15,19)20)4-11(16)12(10)14/h3-4,7-8H,5-6H2,1-2H3. The first-order valence-corrected chi connectivity index (χ1v) is 9.03. The topological polar surface area (TPSA) is 54.5 Å². The van der Waals surface area contributed by atoms with E-state index in [1.54, 1.807) is 4.90 Å². The summed E-state index contributed by atoms with van der Waals surface area (Å²) in [7, 11) is 1.06. The molecule has 0 N–H and O–H groups in total. The average molecular weight is 354 g/mol. The highest BCUT2D eigenvalue weighted by molar-refractivity contribution is 8.13. The van der Waals surface area contributed by atoms with Gasteiger partial charge in [-0.1, -0.05) is 25.4 Å². The van der Waals surface area contributed by atoms with Crippen LogP contribution >= 0.6 is 22.3 Å². The summed E-state index contributed by atoms with van der Waals surface area (Å²) in [6.07, 6.45) is 0. The highest BCUT2D eigenvalue weighted by atomic mass is 35.7. The molecule has 2 unspecified atom stereocenters. The molecule has 21 heavy (non-hydrogen) atoms. The first-order chi connectivity index (χ1) is 9.61. The number of amides is 1. The van der Waals surface area contributed by atoms with Gasteiger partial charge in [0.05, 0.1) is 15.5 Å². The molecule has 1 fully saturated rings. The molecule has 0 radical (unpaired) electrons. The summed E-state index contributed by atoms with van der Waals surface area (Å²) < 4.78 is 36.4. The second kappa shape index (κ2) is 5.74. The molecule has 116 valence electrons. The first kappa shape index (κ1) is 16.5. The van der Waals surface area contributed by atoms with Crippen LogP contribution in [0.3, 0.4) is 0 Å². The predicted octanol–water partition coefficient (Wildman–Crippen LogP) is 3.13. The third-order valence-electron chi connectivity index (χ3n) is 3.79. The fourth-order valence-corrected chi connectivity index (χ4v) is 3.29. The van der Waals surface area contributed by atoms with Gasteiger partial charge >= 0.3 is 0 Å². The third-order valence-corrected chi connectivity index (χ3v) is 5.51. The van der Waals surface area contributed by atoms with E-state index in [1.165, 1.54) is 0 Å². The lowest BCUT2D eigenvalue weighted by Crippen LogP contribution is -2.29. The highest BCUT2D eigenvalue weighted by Gasteiger charge is 2.32. The molecule has 2 atom stereocenters. The Labute approximate surface area is 132 Å². The van der Waals surface area contributed by atoms with Crippen LogP contribution in [0.1, 0.15) is 24.2 Å². The van der Waals surface area contributed by atoms with Gasteiger partial charge in [0.15, 0.2) is 0 Å². The van der Waals surface area contributed by atoms with Gasteiger partial charge in [-0.2, -0.15) is 0 Å². The van der Waals surface area contributed by atoms with Crippen molar-refractivity contribution in [3.63, 3.8) is 0 Å². The molecule has 0 spiro atoms. The Hall–Kier alpha value is -0.850. The molecule has 0 saturated carbocycles. The van der Waals surface area contributed by atoms with Gasteiger partial charge < -0.3 is 4.90 Å².